The summed E-state index contributed by atoms with van der Waals surface area (Å²) < 4.78 is 0. The van der Waals surface area contributed by atoms with Crippen LogP contribution in [0.15, 0.2) is 17.5 Å². The van der Waals surface area contributed by atoms with Crippen LogP contribution in [0.5, 0.6) is 0 Å². The number of aromatic nitrogens is 1. The number of anilines is 1. The lowest BCUT2D eigenvalue weighted by molar-refractivity contribution is 0.100. The minimum absolute atomic E-state index is 0.429. The fourth-order valence-corrected chi connectivity index (χ4v) is 4.93. The van der Waals surface area contributed by atoms with Gasteiger partial charge in [0.05, 0.1) is 16.3 Å². The number of fused-ring (bicyclic) bond motifs is 3. The van der Waals surface area contributed by atoms with Gasteiger partial charge < -0.3 is 11.5 Å². The summed E-state index contributed by atoms with van der Waals surface area (Å²) >= 11 is 3.00. The van der Waals surface area contributed by atoms with Crippen molar-refractivity contribution in [1.29, 1.82) is 0 Å². The Kier molecular flexibility index (Phi) is 3.16. The van der Waals surface area contributed by atoms with E-state index >= 15 is 0 Å². The Bertz CT molecular complexity index is 881. The summed E-state index contributed by atoms with van der Waals surface area (Å²) in [6, 6.07) is 4.14. The van der Waals surface area contributed by atoms with E-state index in [0.29, 0.717) is 10.6 Å². The summed E-state index contributed by atoms with van der Waals surface area (Å²) in [5.41, 5.74) is 15.8. The molecule has 0 saturated heterocycles. The lowest BCUT2D eigenvalue weighted by Crippen LogP contribution is -2.11. The first kappa shape index (κ1) is 13.7. The van der Waals surface area contributed by atoms with Crippen LogP contribution in [0.25, 0.3) is 20.8 Å². The summed E-state index contributed by atoms with van der Waals surface area (Å²) in [5, 5.41) is 3.02. The third kappa shape index (κ3) is 1.94. The number of pyridine rings is 1. The number of rotatable bonds is 2. The van der Waals surface area contributed by atoms with E-state index in [2.05, 4.69) is 11.4 Å². The molecule has 4 N–H and O–H groups in total. The highest BCUT2D eigenvalue weighted by molar-refractivity contribution is 7.21. The van der Waals surface area contributed by atoms with Gasteiger partial charge in [0.1, 0.15) is 9.71 Å². The molecule has 3 aromatic rings. The molecule has 0 fully saturated rings. The molecule has 0 unspecified atom stereocenters. The van der Waals surface area contributed by atoms with Gasteiger partial charge in [0, 0.05) is 5.39 Å². The predicted molar refractivity (Wildman–Crippen MR) is 92.5 cm³/mol. The minimum Gasteiger partial charge on any atom is -0.397 e. The third-order valence-corrected chi connectivity index (χ3v) is 6.16. The number of nitrogens with two attached hydrogens (primary N) is 2. The Labute approximate surface area is 135 Å². The Hall–Kier alpha value is -1.92. The molecule has 1 aliphatic carbocycles. The van der Waals surface area contributed by atoms with Crippen LogP contribution in [0.2, 0.25) is 0 Å². The fourth-order valence-electron chi connectivity index (χ4n) is 3.21. The van der Waals surface area contributed by atoms with E-state index in [-0.39, 0.29) is 0 Å². The zero-order valence-corrected chi connectivity index (χ0v) is 13.5. The summed E-state index contributed by atoms with van der Waals surface area (Å²) in [6.07, 6.45) is 4.33. The van der Waals surface area contributed by atoms with Gasteiger partial charge in [-0.2, -0.15) is 0 Å². The second-order valence-electron chi connectivity index (χ2n) is 5.49. The molecule has 112 valence electrons. The Morgan fingerprint density at radius 1 is 1.23 bits per heavy atom. The van der Waals surface area contributed by atoms with Crippen molar-refractivity contribution in [2.24, 2.45) is 5.73 Å². The number of aryl methyl sites for hydroxylation is 1. The van der Waals surface area contributed by atoms with Crippen LogP contribution in [0.3, 0.4) is 0 Å². The summed E-state index contributed by atoms with van der Waals surface area (Å²) in [7, 11) is 0. The van der Waals surface area contributed by atoms with Gasteiger partial charge in [-0.05, 0) is 48.3 Å². The van der Waals surface area contributed by atoms with Crippen molar-refractivity contribution in [3.05, 3.63) is 33.5 Å². The molecule has 0 aliphatic heterocycles. The van der Waals surface area contributed by atoms with Crippen LogP contribution in [-0.2, 0) is 12.8 Å². The van der Waals surface area contributed by atoms with E-state index < -0.39 is 5.91 Å². The van der Waals surface area contributed by atoms with E-state index in [0.717, 1.165) is 35.2 Å². The summed E-state index contributed by atoms with van der Waals surface area (Å²) in [5.74, 6) is -0.470. The standard InChI is InChI=1S/C16H15N3OS2/c17-12-11-8-4-1-2-5-9(8)13(10-6-3-7-21-10)19-16(11)22-14(12)15(18)20/h3,6-7H,1-2,4-5,17H2,(H2,18,20). The van der Waals surface area contributed by atoms with E-state index in [9.17, 15) is 4.79 Å². The maximum absolute atomic E-state index is 11.6. The average molecular weight is 329 g/mol. The Balaban J connectivity index is 2.09. The molecule has 0 saturated carbocycles. The summed E-state index contributed by atoms with van der Waals surface area (Å²) in [4.78, 5) is 18.9. The number of hydrogen-bond donors (Lipinski definition) is 2. The van der Waals surface area contributed by atoms with Gasteiger partial charge in [-0.25, -0.2) is 4.98 Å². The van der Waals surface area contributed by atoms with E-state index in [1.807, 2.05) is 6.07 Å². The van der Waals surface area contributed by atoms with Crippen molar-refractivity contribution < 1.29 is 4.79 Å². The lowest BCUT2D eigenvalue weighted by Gasteiger charge is -2.19. The molecule has 1 aliphatic rings. The molecule has 0 spiro atoms. The average Bonchev–Trinajstić information content (AvgIpc) is 3.14. The number of amides is 1. The molecule has 0 bridgehead atoms. The van der Waals surface area contributed by atoms with Gasteiger partial charge in [-0.1, -0.05) is 6.07 Å². The zero-order chi connectivity index (χ0) is 15.3. The van der Waals surface area contributed by atoms with Gasteiger partial charge in [0.15, 0.2) is 0 Å². The van der Waals surface area contributed by atoms with Crippen molar-refractivity contribution in [3.8, 4) is 10.6 Å². The van der Waals surface area contributed by atoms with Gasteiger partial charge in [0.25, 0.3) is 5.91 Å². The van der Waals surface area contributed by atoms with Crippen molar-refractivity contribution in [2.45, 2.75) is 25.7 Å². The number of nitrogen functional groups attached to an aromatic ring is 1. The highest BCUT2D eigenvalue weighted by Crippen LogP contribution is 2.42. The van der Waals surface area contributed by atoms with Crippen molar-refractivity contribution in [3.63, 3.8) is 0 Å². The van der Waals surface area contributed by atoms with E-state index in [4.69, 9.17) is 16.5 Å². The minimum atomic E-state index is -0.470. The van der Waals surface area contributed by atoms with Crippen LogP contribution in [0.1, 0.15) is 33.6 Å². The van der Waals surface area contributed by atoms with Crippen LogP contribution < -0.4 is 11.5 Å². The first-order valence-corrected chi connectivity index (χ1v) is 8.94. The molecule has 3 heterocycles. The molecule has 0 aromatic carbocycles. The van der Waals surface area contributed by atoms with Gasteiger partial charge in [0.2, 0.25) is 0 Å². The topological polar surface area (TPSA) is 82.0 Å². The lowest BCUT2D eigenvalue weighted by atomic mass is 9.88. The molecule has 0 atom stereocenters. The first-order chi connectivity index (χ1) is 10.7. The van der Waals surface area contributed by atoms with Crippen molar-refractivity contribution in [2.75, 3.05) is 5.73 Å². The van der Waals surface area contributed by atoms with E-state index in [1.165, 1.54) is 33.8 Å². The largest absolute Gasteiger partial charge is 0.397 e. The Morgan fingerprint density at radius 2 is 2.00 bits per heavy atom. The molecule has 6 heteroatoms. The molecule has 0 radical (unpaired) electrons. The molecule has 3 aromatic heterocycles. The molecule has 4 rings (SSSR count). The summed E-state index contributed by atoms with van der Waals surface area (Å²) in [6.45, 7) is 0. The van der Waals surface area contributed by atoms with Gasteiger partial charge in [-0.15, -0.1) is 22.7 Å². The monoisotopic (exact) mass is 329 g/mol. The number of primary amides is 1. The number of carbonyl (C=O) groups excluding carboxylic acids is 1. The number of carbonyl (C=O) groups is 1. The van der Waals surface area contributed by atoms with Gasteiger partial charge >= 0.3 is 0 Å². The highest BCUT2D eigenvalue weighted by Gasteiger charge is 2.25. The third-order valence-electron chi connectivity index (χ3n) is 4.17. The smallest absolute Gasteiger partial charge is 0.260 e. The van der Waals surface area contributed by atoms with Crippen LogP contribution in [-0.4, -0.2) is 10.9 Å². The number of thiophene rings is 2. The van der Waals surface area contributed by atoms with Crippen LogP contribution >= 0.6 is 22.7 Å². The molecule has 4 nitrogen and oxygen atoms in total. The highest BCUT2D eigenvalue weighted by atomic mass is 32.1. The maximum Gasteiger partial charge on any atom is 0.260 e. The fraction of sp³-hybridized carbons (Fsp3) is 0.250. The zero-order valence-electron chi connectivity index (χ0n) is 11.9. The molecular weight excluding hydrogens is 314 g/mol. The first-order valence-electron chi connectivity index (χ1n) is 7.24. The number of hydrogen-bond acceptors (Lipinski definition) is 5. The molecule has 22 heavy (non-hydrogen) atoms. The maximum atomic E-state index is 11.6. The molecule has 1 amide bonds. The normalized spacial score (nSPS) is 14.2. The van der Waals surface area contributed by atoms with E-state index in [1.54, 1.807) is 11.3 Å². The van der Waals surface area contributed by atoms with Crippen molar-refractivity contribution >= 4 is 44.5 Å². The molecular formula is C16H15N3OS2. The van der Waals surface area contributed by atoms with Crippen LogP contribution in [0, 0.1) is 0 Å². The van der Waals surface area contributed by atoms with Gasteiger partial charge in [-0.3, -0.25) is 4.79 Å². The second-order valence-corrected chi connectivity index (χ2v) is 7.44. The predicted octanol–water partition coefficient (Wildman–Crippen LogP) is 3.58. The number of nitrogens with zero attached hydrogens (tertiary/aromatic N) is 1. The van der Waals surface area contributed by atoms with Crippen LogP contribution in [0.4, 0.5) is 5.69 Å². The van der Waals surface area contributed by atoms with Crippen molar-refractivity contribution in [1.82, 2.24) is 4.98 Å². The SMILES string of the molecule is NC(=O)c1sc2nc(-c3cccs3)c3c(c2c1N)CCCC3. The quantitative estimate of drug-likeness (QED) is 0.754. The second kappa shape index (κ2) is 5.07. The Morgan fingerprint density at radius 3 is 2.68 bits per heavy atom.